The second kappa shape index (κ2) is 5.72. The van der Waals surface area contributed by atoms with Gasteiger partial charge in [0, 0.05) is 0 Å². The number of aromatic nitrogens is 2. The minimum atomic E-state index is -4.56. The Balaban J connectivity index is 2.73. The zero-order valence-electron chi connectivity index (χ0n) is 11.1. The number of hydrogen-bond donors (Lipinski definition) is 1. The van der Waals surface area contributed by atoms with Gasteiger partial charge < -0.3 is 14.5 Å². The van der Waals surface area contributed by atoms with Crippen LogP contribution >= 0.6 is 12.2 Å². The minimum absolute atomic E-state index is 0.0281. The number of hydrogen-bond acceptors (Lipinski definition) is 4. The second-order valence-electron chi connectivity index (χ2n) is 4.02. The maximum atomic E-state index is 12.9. The van der Waals surface area contributed by atoms with Crippen molar-refractivity contribution in [3.63, 3.8) is 0 Å². The number of ether oxygens (including phenoxy) is 2. The van der Waals surface area contributed by atoms with Crippen molar-refractivity contribution in [2.45, 2.75) is 6.18 Å². The van der Waals surface area contributed by atoms with Gasteiger partial charge in [-0.2, -0.15) is 13.2 Å². The van der Waals surface area contributed by atoms with Gasteiger partial charge in [0.05, 0.1) is 25.5 Å². The number of H-pyrrole nitrogens is 1. The van der Waals surface area contributed by atoms with Crippen LogP contribution in [0.5, 0.6) is 11.5 Å². The summed E-state index contributed by atoms with van der Waals surface area (Å²) in [6, 6.07) is 5.74. The molecule has 112 valence electrons. The van der Waals surface area contributed by atoms with Gasteiger partial charge in [0.25, 0.3) is 0 Å². The average Bonchev–Trinajstić information content (AvgIpc) is 2.44. The van der Waals surface area contributed by atoms with Crippen LogP contribution < -0.4 is 9.47 Å². The number of nitrogens with zero attached hydrogens (tertiary/aromatic N) is 1. The van der Waals surface area contributed by atoms with E-state index in [2.05, 4.69) is 4.98 Å². The largest absolute Gasteiger partial charge is 0.496 e. The van der Waals surface area contributed by atoms with Gasteiger partial charge in [-0.15, -0.1) is 0 Å². The molecule has 0 spiro atoms. The van der Waals surface area contributed by atoms with Crippen molar-refractivity contribution in [2.24, 2.45) is 0 Å². The molecule has 0 saturated carbocycles. The Bertz CT molecular complexity index is 691. The molecule has 0 radical (unpaired) electrons. The average molecular weight is 316 g/mol. The highest BCUT2D eigenvalue weighted by atomic mass is 32.1. The molecule has 0 amide bonds. The highest BCUT2D eigenvalue weighted by Crippen LogP contribution is 2.38. The van der Waals surface area contributed by atoms with E-state index in [1.807, 2.05) is 4.98 Å². The van der Waals surface area contributed by atoms with E-state index in [-0.39, 0.29) is 10.5 Å². The summed E-state index contributed by atoms with van der Waals surface area (Å²) >= 11 is 4.77. The van der Waals surface area contributed by atoms with Crippen LogP contribution in [0.2, 0.25) is 0 Å². The number of benzene rings is 1. The molecule has 0 aliphatic heterocycles. The van der Waals surface area contributed by atoms with E-state index in [0.717, 1.165) is 6.07 Å². The first-order chi connectivity index (χ1) is 9.86. The Labute approximate surface area is 123 Å². The molecule has 21 heavy (non-hydrogen) atoms. The second-order valence-corrected chi connectivity index (χ2v) is 4.41. The predicted octanol–water partition coefficient (Wildman–Crippen LogP) is 3.84. The van der Waals surface area contributed by atoms with Gasteiger partial charge in [0.15, 0.2) is 4.77 Å². The summed E-state index contributed by atoms with van der Waals surface area (Å²) in [5.41, 5.74) is -0.640. The lowest BCUT2D eigenvalue weighted by Gasteiger charge is -2.14. The van der Waals surface area contributed by atoms with Gasteiger partial charge in [-0.3, -0.25) is 0 Å². The lowest BCUT2D eigenvalue weighted by Crippen LogP contribution is -2.09. The van der Waals surface area contributed by atoms with Crippen LogP contribution in [0.1, 0.15) is 5.69 Å². The fourth-order valence-corrected chi connectivity index (χ4v) is 2.05. The topological polar surface area (TPSA) is 47.1 Å². The van der Waals surface area contributed by atoms with E-state index in [1.165, 1.54) is 14.2 Å². The van der Waals surface area contributed by atoms with Crippen LogP contribution in [-0.2, 0) is 6.18 Å². The zero-order valence-corrected chi connectivity index (χ0v) is 11.9. The predicted molar refractivity (Wildman–Crippen MR) is 73.0 cm³/mol. The number of methoxy groups -OCH3 is 2. The Morgan fingerprint density at radius 2 is 1.71 bits per heavy atom. The van der Waals surface area contributed by atoms with E-state index in [9.17, 15) is 13.2 Å². The van der Waals surface area contributed by atoms with Crippen LogP contribution in [0.25, 0.3) is 11.3 Å². The zero-order chi connectivity index (χ0) is 15.6. The molecule has 2 rings (SSSR count). The Morgan fingerprint density at radius 1 is 1.14 bits per heavy atom. The first-order valence-corrected chi connectivity index (χ1v) is 6.17. The van der Waals surface area contributed by atoms with Crippen LogP contribution in [0.4, 0.5) is 13.2 Å². The SMILES string of the molecule is COc1cccc(OC)c1-c1cc(C(F)(F)F)[nH]c(=S)n1. The fraction of sp³-hybridized carbons (Fsp3) is 0.231. The smallest absolute Gasteiger partial charge is 0.431 e. The number of rotatable bonds is 3. The summed E-state index contributed by atoms with van der Waals surface area (Å²) in [6.07, 6.45) is -4.56. The van der Waals surface area contributed by atoms with Gasteiger partial charge in [-0.1, -0.05) is 6.07 Å². The van der Waals surface area contributed by atoms with Crippen LogP contribution in [-0.4, -0.2) is 24.2 Å². The van der Waals surface area contributed by atoms with Gasteiger partial charge in [-0.05, 0) is 30.4 Å². The molecule has 8 heteroatoms. The van der Waals surface area contributed by atoms with Crippen molar-refractivity contribution < 1.29 is 22.6 Å². The van der Waals surface area contributed by atoms with Gasteiger partial charge in [0.1, 0.15) is 17.2 Å². The molecule has 0 aliphatic carbocycles. The standard InChI is InChI=1S/C13H11F3N2O2S/c1-19-8-4-3-5-9(20-2)11(8)7-6-10(13(14,15)16)18-12(21)17-7/h3-6H,1-2H3,(H,17,18,21). The molecular weight excluding hydrogens is 305 g/mol. The van der Waals surface area contributed by atoms with Crippen molar-refractivity contribution in [3.05, 3.63) is 34.7 Å². The molecule has 1 aromatic heterocycles. The third kappa shape index (κ3) is 3.15. The summed E-state index contributed by atoms with van der Waals surface area (Å²) in [4.78, 5) is 5.96. The van der Waals surface area contributed by atoms with Crippen molar-refractivity contribution in [2.75, 3.05) is 14.2 Å². The molecule has 0 aliphatic rings. The van der Waals surface area contributed by atoms with E-state index >= 15 is 0 Å². The molecule has 1 aromatic carbocycles. The molecular formula is C13H11F3N2O2S. The van der Waals surface area contributed by atoms with Crippen molar-refractivity contribution >= 4 is 12.2 Å². The third-order valence-corrected chi connectivity index (χ3v) is 2.93. The van der Waals surface area contributed by atoms with Crippen molar-refractivity contribution in [1.82, 2.24) is 9.97 Å². The quantitative estimate of drug-likeness (QED) is 0.874. The third-order valence-electron chi connectivity index (χ3n) is 2.73. The summed E-state index contributed by atoms with van der Waals surface area (Å²) < 4.78 is 48.6. The number of aromatic amines is 1. The van der Waals surface area contributed by atoms with Crippen molar-refractivity contribution in [3.8, 4) is 22.8 Å². The molecule has 0 bridgehead atoms. The first-order valence-electron chi connectivity index (χ1n) is 5.76. The van der Waals surface area contributed by atoms with E-state index < -0.39 is 11.9 Å². The van der Waals surface area contributed by atoms with Crippen molar-refractivity contribution in [1.29, 1.82) is 0 Å². The summed E-state index contributed by atoms with van der Waals surface area (Å²) in [6.45, 7) is 0. The highest BCUT2D eigenvalue weighted by Gasteiger charge is 2.32. The first kappa shape index (κ1) is 15.3. The molecule has 1 N–H and O–H groups in total. The minimum Gasteiger partial charge on any atom is -0.496 e. The van der Waals surface area contributed by atoms with Crippen LogP contribution in [0, 0.1) is 4.77 Å². The molecule has 0 fully saturated rings. The van der Waals surface area contributed by atoms with Crippen LogP contribution in [0.3, 0.4) is 0 Å². The number of nitrogens with one attached hydrogen (secondary N) is 1. The van der Waals surface area contributed by atoms with Gasteiger partial charge in [-0.25, -0.2) is 4.98 Å². The monoisotopic (exact) mass is 316 g/mol. The van der Waals surface area contributed by atoms with Crippen LogP contribution in [0.15, 0.2) is 24.3 Å². The van der Waals surface area contributed by atoms with Gasteiger partial charge in [0.2, 0.25) is 0 Å². The molecule has 1 heterocycles. The van der Waals surface area contributed by atoms with E-state index in [4.69, 9.17) is 21.7 Å². The fourth-order valence-electron chi connectivity index (χ4n) is 1.84. The summed E-state index contributed by atoms with van der Waals surface area (Å²) in [5, 5.41) is 0. The lowest BCUT2D eigenvalue weighted by atomic mass is 10.1. The molecule has 0 saturated heterocycles. The van der Waals surface area contributed by atoms with E-state index in [1.54, 1.807) is 18.2 Å². The summed E-state index contributed by atoms with van der Waals surface area (Å²) in [7, 11) is 2.82. The highest BCUT2D eigenvalue weighted by molar-refractivity contribution is 7.71. The molecule has 2 aromatic rings. The summed E-state index contributed by atoms with van der Waals surface area (Å²) in [5.74, 6) is 0.686. The molecule has 0 atom stereocenters. The normalized spacial score (nSPS) is 11.3. The number of halogens is 3. The lowest BCUT2D eigenvalue weighted by molar-refractivity contribution is -0.141. The Morgan fingerprint density at radius 3 is 2.19 bits per heavy atom. The van der Waals surface area contributed by atoms with E-state index in [0.29, 0.717) is 17.1 Å². The molecule has 4 nitrogen and oxygen atoms in total. The number of alkyl halides is 3. The Kier molecular flexibility index (Phi) is 4.17. The maximum Gasteiger partial charge on any atom is 0.431 e. The maximum absolute atomic E-state index is 12.9. The molecule has 0 unspecified atom stereocenters. The van der Waals surface area contributed by atoms with Gasteiger partial charge >= 0.3 is 6.18 Å². The Hall–Kier alpha value is -2.09.